The van der Waals surface area contributed by atoms with Crippen molar-refractivity contribution in [3.63, 3.8) is 0 Å². The number of carbonyl (C=O) groups excluding carboxylic acids is 2. The lowest BCUT2D eigenvalue weighted by atomic mass is 9.76. The van der Waals surface area contributed by atoms with Crippen LogP contribution in [-0.4, -0.2) is 69.6 Å². The molecule has 0 radical (unpaired) electrons. The summed E-state index contributed by atoms with van der Waals surface area (Å²) in [5.41, 5.74) is -0.625. The number of likely N-dealkylation sites (N-methyl/N-ethyl adjacent to an activating group) is 1. The third-order valence-corrected chi connectivity index (χ3v) is 7.30. The molecule has 3 aliphatic heterocycles. The van der Waals surface area contributed by atoms with Gasteiger partial charge in [0.05, 0.1) is 24.5 Å². The Hall–Kier alpha value is -2.22. The number of hydrogen-bond donors (Lipinski definition) is 0. The SMILES string of the molecule is Cc1nc(CCN(C)C(=O)[C@H]2[C@@H]3C=C[C@@]4(CN(C5CCCCCC5)C(=O)[C@H]24)O3)no1. The number of ether oxygens (including phenoxy) is 1. The summed E-state index contributed by atoms with van der Waals surface area (Å²) in [6.45, 7) is 2.81. The normalized spacial score (nSPS) is 33.2. The van der Waals surface area contributed by atoms with Crippen LogP contribution in [-0.2, 0) is 20.7 Å². The fraction of sp³-hybridized carbons (Fsp3) is 0.727. The van der Waals surface area contributed by atoms with E-state index in [-0.39, 0.29) is 24.0 Å². The molecule has 30 heavy (non-hydrogen) atoms. The summed E-state index contributed by atoms with van der Waals surface area (Å²) < 4.78 is 11.3. The molecule has 4 atom stereocenters. The second kappa shape index (κ2) is 7.48. The Morgan fingerprint density at radius 1 is 1.30 bits per heavy atom. The molecule has 4 heterocycles. The molecule has 1 aliphatic carbocycles. The number of aromatic nitrogens is 2. The minimum Gasteiger partial charge on any atom is -0.360 e. The average molecular weight is 415 g/mol. The predicted octanol–water partition coefficient (Wildman–Crippen LogP) is 1.88. The molecule has 3 fully saturated rings. The lowest BCUT2D eigenvalue weighted by molar-refractivity contribution is -0.143. The number of nitrogens with zero attached hydrogens (tertiary/aromatic N) is 4. The maximum Gasteiger partial charge on any atom is 0.230 e. The molecule has 1 aromatic heterocycles. The molecule has 1 aromatic rings. The van der Waals surface area contributed by atoms with Gasteiger partial charge in [0.15, 0.2) is 5.82 Å². The van der Waals surface area contributed by atoms with Gasteiger partial charge in [0, 0.05) is 33.0 Å². The van der Waals surface area contributed by atoms with Crippen LogP contribution in [0.15, 0.2) is 16.7 Å². The van der Waals surface area contributed by atoms with Gasteiger partial charge in [-0.1, -0.05) is 43.0 Å². The van der Waals surface area contributed by atoms with Crippen LogP contribution in [0.4, 0.5) is 0 Å². The number of fused-ring (bicyclic) bond motifs is 1. The van der Waals surface area contributed by atoms with Crippen LogP contribution in [0.1, 0.15) is 50.2 Å². The molecule has 2 saturated heterocycles. The van der Waals surface area contributed by atoms with Crippen molar-refractivity contribution in [1.29, 1.82) is 0 Å². The summed E-state index contributed by atoms with van der Waals surface area (Å²) in [7, 11) is 1.78. The van der Waals surface area contributed by atoms with Crippen molar-refractivity contribution in [3.05, 3.63) is 23.9 Å². The van der Waals surface area contributed by atoms with Crippen molar-refractivity contribution in [1.82, 2.24) is 19.9 Å². The van der Waals surface area contributed by atoms with Crippen LogP contribution in [0, 0.1) is 18.8 Å². The molecular weight excluding hydrogens is 384 g/mol. The van der Waals surface area contributed by atoms with Crippen LogP contribution in [0.2, 0.25) is 0 Å². The standard InChI is InChI=1S/C22H30N4O4/c1-14-23-17(24-30-14)10-12-25(2)20(27)18-16-9-11-22(29-16)13-26(21(28)19(18)22)15-7-5-3-4-6-8-15/h9,11,15-16,18-19H,3-8,10,12-13H2,1-2H3/t16-,18-,19-,22-/m0/s1. The molecule has 0 N–H and O–H groups in total. The van der Waals surface area contributed by atoms with E-state index in [1.165, 1.54) is 25.7 Å². The highest BCUT2D eigenvalue weighted by atomic mass is 16.5. The number of carbonyl (C=O) groups is 2. The van der Waals surface area contributed by atoms with Gasteiger partial charge in [-0.15, -0.1) is 0 Å². The molecule has 0 unspecified atom stereocenters. The number of likely N-dealkylation sites (tertiary alicyclic amines) is 1. The van der Waals surface area contributed by atoms with Gasteiger partial charge in [-0.25, -0.2) is 0 Å². The van der Waals surface area contributed by atoms with Gasteiger partial charge in [-0.3, -0.25) is 9.59 Å². The Balaban J connectivity index is 1.31. The summed E-state index contributed by atoms with van der Waals surface area (Å²) in [4.78, 5) is 34.8. The van der Waals surface area contributed by atoms with Crippen molar-refractivity contribution in [3.8, 4) is 0 Å². The maximum absolute atomic E-state index is 13.5. The van der Waals surface area contributed by atoms with Crippen molar-refractivity contribution in [2.24, 2.45) is 11.8 Å². The van der Waals surface area contributed by atoms with Crippen LogP contribution < -0.4 is 0 Å². The van der Waals surface area contributed by atoms with Gasteiger partial charge in [0.1, 0.15) is 5.60 Å². The Morgan fingerprint density at radius 3 is 2.77 bits per heavy atom. The van der Waals surface area contributed by atoms with Crippen molar-refractivity contribution >= 4 is 11.8 Å². The zero-order chi connectivity index (χ0) is 20.9. The number of rotatable bonds is 5. The summed E-state index contributed by atoms with van der Waals surface area (Å²) in [6.07, 6.45) is 11.2. The zero-order valence-electron chi connectivity index (χ0n) is 17.7. The second-order valence-electron chi connectivity index (χ2n) is 9.25. The fourth-order valence-electron chi connectivity index (χ4n) is 5.76. The van der Waals surface area contributed by atoms with Gasteiger partial charge >= 0.3 is 0 Å². The van der Waals surface area contributed by atoms with Gasteiger partial charge in [-0.2, -0.15) is 4.98 Å². The number of amides is 2. The smallest absolute Gasteiger partial charge is 0.230 e. The van der Waals surface area contributed by atoms with E-state index in [1.807, 2.05) is 17.1 Å². The molecule has 4 aliphatic rings. The molecule has 5 rings (SSSR count). The third-order valence-electron chi connectivity index (χ3n) is 7.30. The van der Waals surface area contributed by atoms with Gasteiger partial charge < -0.3 is 19.1 Å². The van der Waals surface area contributed by atoms with Crippen molar-refractivity contribution in [2.75, 3.05) is 20.1 Å². The van der Waals surface area contributed by atoms with Gasteiger partial charge in [-0.05, 0) is 12.8 Å². The molecule has 0 aromatic carbocycles. The van der Waals surface area contributed by atoms with Crippen molar-refractivity contribution in [2.45, 2.75) is 69.6 Å². The fourth-order valence-corrected chi connectivity index (χ4v) is 5.76. The third kappa shape index (κ3) is 3.16. The molecular formula is C22H30N4O4. The Morgan fingerprint density at radius 2 is 2.07 bits per heavy atom. The largest absolute Gasteiger partial charge is 0.360 e. The Bertz CT molecular complexity index is 859. The molecule has 2 bridgehead atoms. The Labute approximate surface area is 176 Å². The van der Waals surface area contributed by atoms with Gasteiger partial charge in [0.2, 0.25) is 17.7 Å². The van der Waals surface area contributed by atoms with E-state index >= 15 is 0 Å². The quantitative estimate of drug-likeness (QED) is 0.540. The maximum atomic E-state index is 13.5. The molecule has 8 nitrogen and oxygen atoms in total. The molecule has 1 spiro atoms. The van der Waals surface area contributed by atoms with E-state index in [0.717, 1.165) is 12.8 Å². The molecule has 162 valence electrons. The lowest BCUT2D eigenvalue weighted by Crippen LogP contribution is -2.46. The molecule has 8 heteroatoms. The predicted molar refractivity (Wildman–Crippen MR) is 107 cm³/mol. The van der Waals surface area contributed by atoms with Crippen LogP contribution >= 0.6 is 0 Å². The first-order valence-corrected chi connectivity index (χ1v) is 11.2. The molecule has 1 saturated carbocycles. The zero-order valence-corrected chi connectivity index (χ0v) is 17.7. The minimum atomic E-state index is -0.625. The monoisotopic (exact) mass is 414 g/mol. The highest BCUT2D eigenvalue weighted by Gasteiger charge is 2.67. The first-order valence-electron chi connectivity index (χ1n) is 11.2. The average Bonchev–Trinajstić information content (AvgIpc) is 3.43. The summed E-state index contributed by atoms with van der Waals surface area (Å²) in [5.74, 6) is 0.321. The minimum absolute atomic E-state index is 0.0347. The van der Waals surface area contributed by atoms with Gasteiger partial charge in [0.25, 0.3) is 0 Å². The number of aryl methyl sites for hydroxylation is 1. The van der Waals surface area contributed by atoms with Crippen molar-refractivity contribution < 1.29 is 18.8 Å². The highest BCUT2D eigenvalue weighted by molar-refractivity contribution is 5.93. The first kappa shape index (κ1) is 19.7. The van der Waals surface area contributed by atoms with Crippen LogP contribution in [0.5, 0.6) is 0 Å². The Kier molecular flexibility index (Phi) is 4.92. The highest BCUT2D eigenvalue weighted by Crippen LogP contribution is 2.53. The lowest BCUT2D eigenvalue weighted by Gasteiger charge is -2.30. The van der Waals surface area contributed by atoms with E-state index in [0.29, 0.717) is 31.2 Å². The van der Waals surface area contributed by atoms with E-state index in [2.05, 4.69) is 10.1 Å². The van der Waals surface area contributed by atoms with E-state index in [4.69, 9.17) is 9.26 Å². The summed E-state index contributed by atoms with van der Waals surface area (Å²) in [6, 6.07) is 0.283. The molecule has 2 amide bonds. The number of hydrogen-bond acceptors (Lipinski definition) is 6. The topological polar surface area (TPSA) is 88.8 Å². The van der Waals surface area contributed by atoms with E-state index in [9.17, 15) is 9.59 Å². The summed E-state index contributed by atoms with van der Waals surface area (Å²) >= 11 is 0. The first-order chi connectivity index (χ1) is 14.5. The van der Waals surface area contributed by atoms with E-state index < -0.39 is 17.4 Å². The van der Waals surface area contributed by atoms with Crippen LogP contribution in [0.25, 0.3) is 0 Å². The summed E-state index contributed by atoms with van der Waals surface area (Å²) in [5, 5.41) is 3.90. The second-order valence-corrected chi connectivity index (χ2v) is 9.25. The van der Waals surface area contributed by atoms with E-state index in [1.54, 1.807) is 18.9 Å². The van der Waals surface area contributed by atoms with Crippen LogP contribution in [0.3, 0.4) is 0 Å².